The van der Waals surface area contributed by atoms with Gasteiger partial charge < -0.3 is 10.2 Å². The Morgan fingerprint density at radius 2 is 2.00 bits per heavy atom. The molecule has 1 aliphatic heterocycles. The Morgan fingerprint density at radius 1 is 1.33 bits per heavy atom. The van der Waals surface area contributed by atoms with Crippen LogP contribution in [0, 0.1) is 17.8 Å². The smallest absolute Gasteiger partial charge is 0.222 e. The van der Waals surface area contributed by atoms with E-state index in [4.69, 9.17) is 0 Å². The first-order valence-corrected chi connectivity index (χ1v) is 7.39. The van der Waals surface area contributed by atoms with Crippen molar-refractivity contribution in [1.82, 2.24) is 10.2 Å². The molecule has 0 aromatic rings. The quantitative estimate of drug-likeness (QED) is 0.817. The molecule has 3 nitrogen and oxygen atoms in total. The highest BCUT2D eigenvalue weighted by atomic mass is 16.2. The summed E-state index contributed by atoms with van der Waals surface area (Å²) in [6.45, 7) is 10.9. The van der Waals surface area contributed by atoms with Crippen molar-refractivity contribution in [1.29, 1.82) is 0 Å². The Morgan fingerprint density at radius 3 is 2.50 bits per heavy atom. The van der Waals surface area contributed by atoms with Crippen LogP contribution in [0.3, 0.4) is 0 Å². The van der Waals surface area contributed by atoms with Gasteiger partial charge in [0.2, 0.25) is 5.91 Å². The van der Waals surface area contributed by atoms with Crippen molar-refractivity contribution in [3.8, 4) is 0 Å². The van der Waals surface area contributed by atoms with E-state index in [0.29, 0.717) is 36.1 Å². The van der Waals surface area contributed by atoms with Gasteiger partial charge in [-0.1, -0.05) is 20.8 Å². The standard InChI is InChI=1S/C15H30N2O/c1-11(2)13(4)17(5)15(18)9-12(3)14-7-6-8-16-10-14/h11-14,16H,6-10H2,1-5H3. The summed E-state index contributed by atoms with van der Waals surface area (Å²) in [6, 6.07) is 0.328. The number of nitrogens with zero attached hydrogens (tertiary/aromatic N) is 1. The van der Waals surface area contributed by atoms with Gasteiger partial charge in [-0.15, -0.1) is 0 Å². The summed E-state index contributed by atoms with van der Waals surface area (Å²) in [5, 5.41) is 3.43. The summed E-state index contributed by atoms with van der Waals surface area (Å²) in [5.74, 6) is 1.98. The van der Waals surface area contributed by atoms with Crippen LogP contribution in [0.5, 0.6) is 0 Å². The average molecular weight is 254 g/mol. The van der Waals surface area contributed by atoms with Gasteiger partial charge in [0, 0.05) is 19.5 Å². The van der Waals surface area contributed by atoms with E-state index in [-0.39, 0.29) is 0 Å². The van der Waals surface area contributed by atoms with Crippen molar-refractivity contribution < 1.29 is 4.79 Å². The number of hydrogen-bond acceptors (Lipinski definition) is 2. The summed E-state index contributed by atoms with van der Waals surface area (Å²) in [5.41, 5.74) is 0. The van der Waals surface area contributed by atoms with Crippen molar-refractivity contribution in [3.05, 3.63) is 0 Å². The lowest BCUT2D eigenvalue weighted by atomic mass is 9.85. The summed E-state index contributed by atoms with van der Waals surface area (Å²) in [6.07, 6.45) is 3.21. The van der Waals surface area contributed by atoms with Gasteiger partial charge in [-0.3, -0.25) is 4.79 Å². The molecule has 0 bridgehead atoms. The average Bonchev–Trinajstić information content (AvgIpc) is 2.37. The fourth-order valence-electron chi connectivity index (χ4n) is 2.62. The van der Waals surface area contributed by atoms with E-state index in [0.717, 1.165) is 13.1 Å². The van der Waals surface area contributed by atoms with Crippen LogP contribution in [0.15, 0.2) is 0 Å². The number of carbonyl (C=O) groups is 1. The van der Waals surface area contributed by atoms with Gasteiger partial charge in [0.25, 0.3) is 0 Å². The van der Waals surface area contributed by atoms with Gasteiger partial charge in [0.1, 0.15) is 0 Å². The van der Waals surface area contributed by atoms with Gasteiger partial charge in [-0.25, -0.2) is 0 Å². The zero-order valence-electron chi connectivity index (χ0n) is 12.7. The van der Waals surface area contributed by atoms with E-state index >= 15 is 0 Å². The van der Waals surface area contributed by atoms with Gasteiger partial charge in [0.15, 0.2) is 0 Å². The Kier molecular flexibility index (Phi) is 6.13. The van der Waals surface area contributed by atoms with Crippen LogP contribution in [0.2, 0.25) is 0 Å². The zero-order valence-corrected chi connectivity index (χ0v) is 12.7. The van der Waals surface area contributed by atoms with Crippen LogP contribution < -0.4 is 5.32 Å². The Hall–Kier alpha value is -0.570. The third kappa shape index (κ3) is 4.27. The lowest BCUT2D eigenvalue weighted by molar-refractivity contribution is -0.133. The number of piperidine rings is 1. The van der Waals surface area contributed by atoms with Crippen molar-refractivity contribution in [3.63, 3.8) is 0 Å². The van der Waals surface area contributed by atoms with Crippen LogP contribution in [0.25, 0.3) is 0 Å². The molecule has 0 aliphatic carbocycles. The first kappa shape index (κ1) is 15.5. The molecule has 1 N–H and O–H groups in total. The monoisotopic (exact) mass is 254 g/mol. The Bertz CT molecular complexity index is 259. The number of carbonyl (C=O) groups excluding carboxylic acids is 1. The minimum atomic E-state index is 0.300. The largest absolute Gasteiger partial charge is 0.343 e. The van der Waals surface area contributed by atoms with Gasteiger partial charge in [-0.05, 0) is 50.6 Å². The first-order chi connectivity index (χ1) is 8.43. The summed E-state index contributed by atoms with van der Waals surface area (Å²) in [4.78, 5) is 14.2. The highest BCUT2D eigenvalue weighted by molar-refractivity contribution is 5.76. The van der Waals surface area contributed by atoms with E-state index in [1.807, 2.05) is 11.9 Å². The second kappa shape index (κ2) is 7.13. The third-order valence-corrected chi connectivity index (χ3v) is 4.61. The third-order valence-electron chi connectivity index (χ3n) is 4.61. The number of nitrogens with one attached hydrogen (secondary N) is 1. The van der Waals surface area contributed by atoms with Gasteiger partial charge in [0.05, 0.1) is 0 Å². The van der Waals surface area contributed by atoms with Crippen molar-refractivity contribution in [2.45, 2.75) is 53.0 Å². The van der Waals surface area contributed by atoms with Gasteiger partial charge in [-0.2, -0.15) is 0 Å². The maximum Gasteiger partial charge on any atom is 0.222 e. The minimum Gasteiger partial charge on any atom is -0.343 e. The van der Waals surface area contributed by atoms with E-state index in [9.17, 15) is 4.79 Å². The molecule has 0 saturated carbocycles. The minimum absolute atomic E-state index is 0.300. The van der Waals surface area contributed by atoms with Gasteiger partial charge >= 0.3 is 0 Å². The number of amides is 1. The maximum absolute atomic E-state index is 12.2. The molecule has 0 aromatic heterocycles. The highest BCUT2D eigenvalue weighted by Gasteiger charge is 2.25. The molecule has 0 spiro atoms. The normalized spacial score (nSPS) is 23.8. The molecule has 3 atom stereocenters. The second-order valence-electron chi connectivity index (χ2n) is 6.28. The molecule has 1 aliphatic rings. The molecule has 1 saturated heterocycles. The first-order valence-electron chi connectivity index (χ1n) is 7.39. The molecule has 3 unspecified atom stereocenters. The van der Waals surface area contributed by atoms with Crippen LogP contribution in [-0.4, -0.2) is 37.0 Å². The molecule has 106 valence electrons. The topological polar surface area (TPSA) is 32.3 Å². The van der Waals surface area contributed by atoms with Crippen LogP contribution >= 0.6 is 0 Å². The van der Waals surface area contributed by atoms with Crippen LogP contribution in [-0.2, 0) is 4.79 Å². The summed E-state index contributed by atoms with van der Waals surface area (Å²) < 4.78 is 0. The molecule has 0 aromatic carbocycles. The number of hydrogen-bond donors (Lipinski definition) is 1. The van der Waals surface area contributed by atoms with Crippen molar-refractivity contribution >= 4 is 5.91 Å². The Balaban J connectivity index is 2.42. The fourth-order valence-corrected chi connectivity index (χ4v) is 2.62. The molecule has 18 heavy (non-hydrogen) atoms. The highest BCUT2D eigenvalue weighted by Crippen LogP contribution is 2.23. The van der Waals surface area contributed by atoms with Crippen molar-refractivity contribution in [2.24, 2.45) is 17.8 Å². The van der Waals surface area contributed by atoms with Crippen LogP contribution in [0.1, 0.15) is 47.0 Å². The van der Waals surface area contributed by atoms with E-state index in [1.165, 1.54) is 12.8 Å². The second-order valence-corrected chi connectivity index (χ2v) is 6.28. The summed E-state index contributed by atoms with van der Waals surface area (Å²) >= 11 is 0. The molecule has 0 radical (unpaired) electrons. The predicted molar refractivity (Wildman–Crippen MR) is 76.4 cm³/mol. The van der Waals surface area contributed by atoms with Crippen molar-refractivity contribution in [2.75, 3.05) is 20.1 Å². The molecule has 1 amide bonds. The molecular weight excluding hydrogens is 224 g/mol. The predicted octanol–water partition coefficient (Wildman–Crippen LogP) is 2.52. The zero-order chi connectivity index (χ0) is 13.7. The van der Waals surface area contributed by atoms with E-state index < -0.39 is 0 Å². The van der Waals surface area contributed by atoms with E-state index in [1.54, 1.807) is 0 Å². The summed E-state index contributed by atoms with van der Waals surface area (Å²) in [7, 11) is 1.94. The molecular formula is C15H30N2O. The lowest BCUT2D eigenvalue weighted by Gasteiger charge is -2.32. The maximum atomic E-state index is 12.2. The SMILES string of the molecule is CC(C)C(C)N(C)C(=O)CC(C)C1CCCNC1. The fraction of sp³-hybridized carbons (Fsp3) is 0.933. The lowest BCUT2D eigenvalue weighted by Crippen LogP contribution is -2.40. The molecule has 1 rings (SSSR count). The van der Waals surface area contributed by atoms with E-state index in [2.05, 4.69) is 33.0 Å². The Labute approximate surface area is 112 Å². The molecule has 1 heterocycles. The molecule has 3 heteroatoms. The van der Waals surface area contributed by atoms with Crippen LogP contribution in [0.4, 0.5) is 0 Å². The molecule has 1 fully saturated rings. The number of rotatable bonds is 5.